The van der Waals surface area contributed by atoms with Crippen molar-refractivity contribution in [2.24, 2.45) is 0 Å². The molecule has 0 spiro atoms. The molecule has 0 saturated carbocycles. The van der Waals surface area contributed by atoms with Crippen molar-refractivity contribution < 1.29 is 9.59 Å². The molecule has 0 N–H and O–H groups in total. The van der Waals surface area contributed by atoms with Crippen molar-refractivity contribution in [2.75, 3.05) is 4.90 Å². The molecule has 0 aliphatic carbocycles. The Balaban J connectivity index is 2.04. The smallest absolute Gasteiger partial charge is 0.265 e. The standard InChI is InChI=1S/C20H14ClNO2/c21-17-13-11-16(12-14-17)20(24)22(18-9-5-2-6-10-18)19(23)15-7-3-1-4-8-15/h1-14H. The summed E-state index contributed by atoms with van der Waals surface area (Å²) in [4.78, 5) is 27.0. The second-order valence-corrected chi connectivity index (χ2v) is 5.59. The van der Waals surface area contributed by atoms with Gasteiger partial charge in [-0.1, -0.05) is 48.0 Å². The number of benzene rings is 3. The van der Waals surface area contributed by atoms with E-state index < -0.39 is 5.91 Å². The third-order valence-corrected chi connectivity index (χ3v) is 3.78. The summed E-state index contributed by atoms with van der Waals surface area (Å²) in [6.07, 6.45) is 0. The van der Waals surface area contributed by atoms with Crippen molar-refractivity contribution >= 4 is 29.1 Å². The molecule has 0 atom stereocenters. The van der Waals surface area contributed by atoms with Gasteiger partial charge in [-0.05, 0) is 48.5 Å². The second-order valence-electron chi connectivity index (χ2n) is 5.15. The first-order valence-electron chi connectivity index (χ1n) is 7.41. The Morgan fingerprint density at radius 1 is 0.625 bits per heavy atom. The third kappa shape index (κ3) is 3.36. The minimum Gasteiger partial charge on any atom is -0.268 e. The van der Waals surface area contributed by atoms with Crippen molar-refractivity contribution in [3.8, 4) is 0 Å². The van der Waals surface area contributed by atoms with Crippen molar-refractivity contribution in [2.45, 2.75) is 0 Å². The number of imide groups is 1. The lowest BCUT2D eigenvalue weighted by Crippen LogP contribution is -2.37. The van der Waals surface area contributed by atoms with E-state index in [0.29, 0.717) is 21.8 Å². The van der Waals surface area contributed by atoms with Crippen molar-refractivity contribution in [1.29, 1.82) is 0 Å². The summed E-state index contributed by atoms with van der Waals surface area (Å²) in [5, 5.41) is 0.534. The molecule has 0 aliphatic heterocycles. The van der Waals surface area contributed by atoms with E-state index in [9.17, 15) is 9.59 Å². The minimum absolute atomic E-state index is 0.373. The second kappa shape index (κ2) is 7.11. The van der Waals surface area contributed by atoms with Gasteiger partial charge in [0.2, 0.25) is 0 Å². The van der Waals surface area contributed by atoms with Gasteiger partial charge in [-0.15, -0.1) is 0 Å². The molecule has 118 valence electrons. The van der Waals surface area contributed by atoms with Crippen LogP contribution in [0.1, 0.15) is 20.7 Å². The maximum Gasteiger partial charge on any atom is 0.265 e. The highest BCUT2D eigenvalue weighted by atomic mass is 35.5. The van der Waals surface area contributed by atoms with Gasteiger partial charge in [-0.25, -0.2) is 4.90 Å². The van der Waals surface area contributed by atoms with Crippen LogP contribution in [-0.2, 0) is 0 Å². The summed E-state index contributed by atoms with van der Waals surface area (Å²) in [6.45, 7) is 0. The monoisotopic (exact) mass is 335 g/mol. The Bertz CT molecular complexity index is 846. The summed E-state index contributed by atoms with van der Waals surface area (Å²) in [5.74, 6) is -0.770. The molecule has 0 fully saturated rings. The van der Waals surface area contributed by atoms with Crippen LogP contribution >= 0.6 is 11.6 Å². The first-order valence-corrected chi connectivity index (χ1v) is 7.79. The third-order valence-electron chi connectivity index (χ3n) is 3.53. The molecule has 3 aromatic rings. The Kier molecular flexibility index (Phi) is 4.73. The van der Waals surface area contributed by atoms with E-state index in [-0.39, 0.29) is 5.91 Å². The lowest BCUT2D eigenvalue weighted by molar-refractivity contribution is 0.0897. The van der Waals surface area contributed by atoms with E-state index in [0.717, 1.165) is 0 Å². The first kappa shape index (κ1) is 16.0. The molecule has 0 aliphatic rings. The molecular formula is C20H14ClNO2. The number of anilines is 1. The van der Waals surface area contributed by atoms with Crippen LogP contribution in [0, 0.1) is 0 Å². The summed E-state index contributed by atoms with van der Waals surface area (Å²) in [7, 11) is 0. The molecule has 0 unspecified atom stereocenters. The largest absolute Gasteiger partial charge is 0.268 e. The van der Waals surface area contributed by atoms with Gasteiger partial charge in [0.05, 0.1) is 5.69 Å². The molecule has 3 rings (SSSR count). The molecule has 3 aromatic carbocycles. The number of halogens is 1. The molecule has 0 heterocycles. The lowest BCUT2D eigenvalue weighted by atomic mass is 10.1. The molecular weight excluding hydrogens is 322 g/mol. The van der Waals surface area contributed by atoms with E-state index >= 15 is 0 Å². The van der Waals surface area contributed by atoms with Crippen LogP contribution in [0.3, 0.4) is 0 Å². The number of hydrogen-bond donors (Lipinski definition) is 0. The van der Waals surface area contributed by atoms with Crippen LogP contribution in [0.2, 0.25) is 5.02 Å². The van der Waals surface area contributed by atoms with Crippen LogP contribution in [0.15, 0.2) is 84.9 Å². The molecule has 0 bridgehead atoms. The zero-order chi connectivity index (χ0) is 16.9. The van der Waals surface area contributed by atoms with Gasteiger partial charge in [-0.3, -0.25) is 9.59 Å². The van der Waals surface area contributed by atoms with Crippen LogP contribution in [-0.4, -0.2) is 11.8 Å². The molecule has 2 amide bonds. The topological polar surface area (TPSA) is 37.4 Å². The fraction of sp³-hybridized carbons (Fsp3) is 0. The quantitative estimate of drug-likeness (QED) is 0.643. The van der Waals surface area contributed by atoms with E-state index in [1.54, 1.807) is 72.8 Å². The molecule has 0 saturated heterocycles. The van der Waals surface area contributed by atoms with Crippen LogP contribution in [0.5, 0.6) is 0 Å². The fourth-order valence-electron chi connectivity index (χ4n) is 2.34. The van der Waals surface area contributed by atoms with Crippen molar-refractivity contribution in [3.63, 3.8) is 0 Å². The van der Waals surface area contributed by atoms with Crippen LogP contribution in [0.4, 0.5) is 5.69 Å². The number of para-hydroxylation sites is 1. The number of amides is 2. The Labute approximate surface area is 145 Å². The van der Waals surface area contributed by atoms with E-state index in [2.05, 4.69) is 0 Å². The van der Waals surface area contributed by atoms with Gasteiger partial charge in [-0.2, -0.15) is 0 Å². The molecule has 24 heavy (non-hydrogen) atoms. The lowest BCUT2D eigenvalue weighted by Gasteiger charge is -2.21. The highest BCUT2D eigenvalue weighted by molar-refractivity contribution is 6.31. The SMILES string of the molecule is O=C(c1ccccc1)N(C(=O)c1ccc(Cl)cc1)c1ccccc1. The summed E-state index contributed by atoms with van der Waals surface area (Å²) >= 11 is 5.88. The highest BCUT2D eigenvalue weighted by Gasteiger charge is 2.25. The molecule has 3 nitrogen and oxygen atoms in total. The van der Waals surface area contributed by atoms with Crippen molar-refractivity contribution in [1.82, 2.24) is 0 Å². The van der Waals surface area contributed by atoms with Gasteiger partial charge in [0.1, 0.15) is 0 Å². The average molecular weight is 336 g/mol. The maximum absolute atomic E-state index is 12.9. The summed E-state index contributed by atoms with van der Waals surface area (Å²) in [5.41, 5.74) is 1.36. The van der Waals surface area contributed by atoms with Gasteiger partial charge in [0, 0.05) is 16.1 Å². The predicted octanol–water partition coefficient (Wildman–Crippen LogP) is 4.83. The fourth-order valence-corrected chi connectivity index (χ4v) is 2.46. The number of rotatable bonds is 3. The Hall–Kier alpha value is -2.91. The summed E-state index contributed by atoms with van der Waals surface area (Å²) in [6, 6.07) is 24.1. The Morgan fingerprint density at radius 3 is 1.62 bits per heavy atom. The Morgan fingerprint density at radius 2 is 1.08 bits per heavy atom. The predicted molar refractivity (Wildman–Crippen MR) is 95.5 cm³/mol. The van der Waals surface area contributed by atoms with Crippen molar-refractivity contribution in [3.05, 3.63) is 101 Å². The molecule has 0 radical (unpaired) electrons. The first-order chi connectivity index (χ1) is 11.7. The normalized spacial score (nSPS) is 10.2. The van der Waals surface area contributed by atoms with Gasteiger partial charge in [0.25, 0.3) is 11.8 Å². The summed E-state index contributed by atoms with van der Waals surface area (Å²) < 4.78 is 0. The van der Waals surface area contributed by atoms with Crippen LogP contribution < -0.4 is 4.90 Å². The number of nitrogens with zero attached hydrogens (tertiary/aromatic N) is 1. The van der Waals surface area contributed by atoms with Crippen LogP contribution in [0.25, 0.3) is 0 Å². The molecule has 0 aromatic heterocycles. The van der Waals surface area contributed by atoms with E-state index in [1.165, 1.54) is 4.90 Å². The number of carbonyl (C=O) groups excluding carboxylic acids is 2. The maximum atomic E-state index is 12.9. The van der Waals surface area contributed by atoms with Gasteiger partial charge < -0.3 is 0 Å². The van der Waals surface area contributed by atoms with Gasteiger partial charge >= 0.3 is 0 Å². The zero-order valence-corrected chi connectivity index (χ0v) is 13.5. The minimum atomic E-state index is -0.397. The number of hydrogen-bond acceptors (Lipinski definition) is 2. The highest BCUT2D eigenvalue weighted by Crippen LogP contribution is 2.21. The average Bonchev–Trinajstić information content (AvgIpc) is 2.64. The molecule has 4 heteroatoms. The number of carbonyl (C=O) groups is 2. The van der Waals surface area contributed by atoms with E-state index in [4.69, 9.17) is 11.6 Å². The van der Waals surface area contributed by atoms with E-state index in [1.807, 2.05) is 12.1 Å². The van der Waals surface area contributed by atoms with Gasteiger partial charge in [0.15, 0.2) is 0 Å². The zero-order valence-electron chi connectivity index (χ0n) is 12.7.